The Balaban J connectivity index is 0.000000286. The molecular weight excluding hydrogens is 558 g/mol. The summed E-state index contributed by atoms with van der Waals surface area (Å²) < 4.78 is 75.3. The predicted molar refractivity (Wildman–Crippen MR) is 118 cm³/mol. The second-order valence-corrected chi connectivity index (χ2v) is 9.09. The van der Waals surface area contributed by atoms with Crippen molar-refractivity contribution in [2.75, 3.05) is 26.3 Å². The van der Waals surface area contributed by atoms with Crippen molar-refractivity contribution < 1.29 is 55.6 Å². The number of likely N-dealkylation sites (tertiary alicyclic amines) is 1. The molecule has 37 heavy (non-hydrogen) atoms. The third-order valence-electron chi connectivity index (χ3n) is 5.13. The number of rotatable bonds is 5. The van der Waals surface area contributed by atoms with Gasteiger partial charge in [0.25, 0.3) is 0 Å². The van der Waals surface area contributed by atoms with E-state index in [1.807, 2.05) is 0 Å². The van der Waals surface area contributed by atoms with Crippen molar-refractivity contribution in [3.8, 4) is 5.75 Å². The summed E-state index contributed by atoms with van der Waals surface area (Å²) in [6.45, 7) is 4.58. The fraction of sp³-hybridized carbons (Fsp3) is 0.476. The summed E-state index contributed by atoms with van der Waals surface area (Å²) in [6.07, 6.45) is -6.50. The zero-order valence-corrected chi connectivity index (χ0v) is 20.3. The van der Waals surface area contributed by atoms with Gasteiger partial charge in [0.05, 0.1) is 30.5 Å². The molecule has 2 fully saturated rings. The molecule has 0 aliphatic carbocycles. The molecule has 2 saturated heterocycles. The van der Waals surface area contributed by atoms with E-state index < -0.39 is 24.3 Å². The van der Waals surface area contributed by atoms with Gasteiger partial charge in [0.15, 0.2) is 0 Å². The number of aliphatic carboxylic acids is 2. The minimum absolute atomic E-state index is 0.347. The first-order valence-corrected chi connectivity index (χ1v) is 11.7. The van der Waals surface area contributed by atoms with Gasteiger partial charge in [-0.25, -0.2) is 9.59 Å². The molecule has 2 aliphatic rings. The lowest BCUT2D eigenvalue weighted by molar-refractivity contribution is -0.193. The van der Waals surface area contributed by atoms with Crippen LogP contribution in [0.15, 0.2) is 35.3 Å². The number of hydrogen-bond acceptors (Lipinski definition) is 7. The highest BCUT2D eigenvalue weighted by Gasteiger charge is 2.44. The zero-order chi connectivity index (χ0) is 27.8. The van der Waals surface area contributed by atoms with Crippen LogP contribution < -0.4 is 4.74 Å². The van der Waals surface area contributed by atoms with Crippen molar-refractivity contribution in [3.63, 3.8) is 0 Å². The van der Waals surface area contributed by atoms with E-state index in [0.717, 1.165) is 32.0 Å². The predicted octanol–water partition coefficient (Wildman–Crippen LogP) is 4.59. The van der Waals surface area contributed by atoms with Crippen molar-refractivity contribution >= 4 is 34.9 Å². The van der Waals surface area contributed by atoms with Crippen molar-refractivity contribution in [2.45, 2.75) is 25.0 Å². The largest absolute Gasteiger partial charge is 0.492 e. The van der Waals surface area contributed by atoms with Gasteiger partial charge in [0.1, 0.15) is 5.75 Å². The molecule has 2 N–H and O–H groups in total. The number of thiophene rings is 1. The van der Waals surface area contributed by atoms with E-state index in [0.29, 0.717) is 29.6 Å². The number of carboxylic acid groups (broad SMARTS) is 2. The second-order valence-electron chi connectivity index (χ2n) is 7.88. The van der Waals surface area contributed by atoms with Crippen LogP contribution in [0.3, 0.4) is 0 Å². The van der Waals surface area contributed by atoms with Gasteiger partial charge < -0.3 is 19.7 Å². The summed E-state index contributed by atoms with van der Waals surface area (Å²) in [6, 6.07) is 4.01. The molecule has 2 aliphatic heterocycles. The van der Waals surface area contributed by atoms with Gasteiger partial charge >= 0.3 is 24.3 Å². The van der Waals surface area contributed by atoms with Gasteiger partial charge in [-0.1, -0.05) is 11.6 Å². The molecule has 0 unspecified atom stereocenters. The highest BCUT2D eigenvalue weighted by atomic mass is 35.5. The molecule has 0 amide bonds. The highest BCUT2D eigenvalue weighted by molar-refractivity contribution is 7.07. The molecule has 0 spiro atoms. The average molecular weight is 579 g/mol. The Morgan fingerprint density at radius 3 is 2.27 bits per heavy atom. The maximum absolute atomic E-state index is 10.6. The van der Waals surface area contributed by atoms with Gasteiger partial charge in [0.2, 0.25) is 0 Å². The minimum Gasteiger partial charge on any atom is -0.492 e. The first-order chi connectivity index (χ1) is 17.2. The molecule has 0 aromatic carbocycles. The minimum atomic E-state index is -5.08. The molecule has 0 saturated carbocycles. The molecule has 3 atom stereocenters. The van der Waals surface area contributed by atoms with Crippen molar-refractivity contribution in [1.82, 2.24) is 9.88 Å². The Labute approximate surface area is 215 Å². The van der Waals surface area contributed by atoms with E-state index in [4.69, 9.17) is 40.9 Å². The molecule has 0 radical (unpaired) electrons. The molecule has 2 aromatic heterocycles. The Bertz CT molecular complexity index is 1000. The number of aromatic nitrogens is 1. The number of nitrogens with zero attached hydrogens (tertiary/aromatic N) is 2. The van der Waals surface area contributed by atoms with Gasteiger partial charge in [-0.15, -0.1) is 0 Å². The number of pyridine rings is 1. The SMILES string of the molecule is Clc1cncc(OC[C@@H]2CO[C@@H]3CN(Cc4ccsc4)C[C@H]23)c1.O=C(O)C(F)(F)F.O=C(O)C(F)(F)F. The molecule has 16 heteroatoms. The van der Waals surface area contributed by atoms with Crippen LogP contribution in [-0.4, -0.2) is 76.8 Å². The normalized spacial score (nSPS) is 21.2. The van der Waals surface area contributed by atoms with Gasteiger partial charge in [-0.3, -0.25) is 9.88 Å². The summed E-state index contributed by atoms with van der Waals surface area (Å²) in [7, 11) is 0. The van der Waals surface area contributed by atoms with Crippen LogP contribution in [-0.2, 0) is 20.9 Å². The summed E-state index contributed by atoms with van der Waals surface area (Å²) in [5.74, 6) is -3.79. The third-order valence-corrected chi connectivity index (χ3v) is 6.07. The maximum atomic E-state index is 10.6. The van der Waals surface area contributed by atoms with Crippen molar-refractivity contribution in [1.29, 1.82) is 0 Å². The topological polar surface area (TPSA) is 109 Å². The summed E-state index contributed by atoms with van der Waals surface area (Å²) in [5, 5.41) is 19.2. The zero-order valence-electron chi connectivity index (χ0n) is 18.7. The summed E-state index contributed by atoms with van der Waals surface area (Å²) in [5.41, 5.74) is 1.40. The number of fused-ring (bicyclic) bond motifs is 1. The summed E-state index contributed by atoms with van der Waals surface area (Å²) >= 11 is 7.70. The van der Waals surface area contributed by atoms with Gasteiger partial charge in [0, 0.05) is 43.7 Å². The van der Waals surface area contributed by atoms with E-state index in [-0.39, 0.29) is 0 Å². The average Bonchev–Trinajstić information content (AvgIpc) is 3.51. The molecule has 4 heterocycles. The van der Waals surface area contributed by atoms with Gasteiger partial charge in [-0.2, -0.15) is 37.7 Å². The van der Waals surface area contributed by atoms with Crippen LogP contribution in [0.1, 0.15) is 5.56 Å². The van der Waals surface area contributed by atoms with Crippen LogP contribution in [0.2, 0.25) is 5.02 Å². The first kappa shape index (κ1) is 30.6. The number of hydrogen-bond donors (Lipinski definition) is 2. The Morgan fingerprint density at radius 1 is 1.14 bits per heavy atom. The first-order valence-electron chi connectivity index (χ1n) is 10.4. The lowest BCUT2D eigenvalue weighted by atomic mass is 9.94. The molecule has 2 aromatic rings. The Kier molecular flexibility index (Phi) is 11.0. The van der Waals surface area contributed by atoms with Gasteiger partial charge in [-0.05, 0) is 22.4 Å². The summed E-state index contributed by atoms with van der Waals surface area (Å²) in [4.78, 5) is 24.3. The molecular formula is C21H21ClF6N2O6S. The number of carboxylic acids is 2. The number of carbonyl (C=O) groups is 2. The maximum Gasteiger partial charge on any atom is 0.490 e. The monoisotopic (exact) mass is 578 g/mol. The lowest BCUT2D eigenvalue weighted by Crippen LogP contribution is -2.26. The highest BCUT2D eigenvalue weighted by Crippen LogP contribution is 2.35. The number of ether oxygens (including phenoxy) is 2. The standard InChI is InChI=1S/C17H19ClN2O2S.2C2HF3O2/c18-14-3-15(5-19-4-14)21-9-13-10-22-17-8-20(7-16(13)17)6-12-1-2-23-11-12;2*3-2(4,5)1(6)7/h1-5,11,13,16-17H,6-10H2;2*(H,6,7)/t13-,16-,17-;;/m1../s1. The van der Waals surface area contributed by atoms with Crippen LogP contribution >= 0.6 is 22.9 Å². The van der Waals surface area contributed by atoms with E-state index >= 15 is 0 Å². The molecule has 4 rings (SSSR count). The quantitative estimate of drug-likeness (QED) is 0.496. The lowest BCUT2D eigenvalue weighted by Gasteiger charge is -2.19. The number of halogens is 7. The smallest absolute Gasteiger partial charge is 0.490 e. The molecule has 0 bridgehead atoms. The molecule has 206 valence electrons. The fourth-order valence-corrected chi connectivity index (χ4v) is 4.32. The Morgan fingerprint density at radius 2 is 1.76 bits per heavy atom. The van der Waals surface area contributed by atoms with E-state index in [1.54, 1.807) is 29.8 Å². The van der Waals surface area contributed by atoms with E-state index in [9.17, 15) is 26.3 Å². The van der Waals surface area contributed by atoms with Crippen LogP contribution in [0, 0.1) is 11.8 Å². The number of alkyl halides is 6. The Hall–Kier alpha value is -2.62. The van der Waals surface area contributed by atoms with Crippen molar-refractivity contribution in [2.24, 2.45) is 11.8 Å². The van der Waals surface area contributed by atoms with Crippen LogP contribution in [0.25, 0.3) is 0 Å². The van der Waals surface area contributed by atoms with Crippen molar-refractivity contribution in [3.05, 3.63) is 45.9 Å². The van der Waals surface area contributed by atoms with Crippen LogP contribution in [0.5, 0.6) is 5.75 Å². The van der Waals surface area contributed by atoms with E-state index in [2.05, 4.69) is 26.7 Å². The second kappa shape index (κ2) is 13.3. The van der Waals surface area contributed by atoms with E-state index in [1.165, 1.54) is 5.56 Å². The van der Waals surface area contributed by atoms with Crippen LogP contribution in [0.4, 0.5) is 26.3 Å². The third kappa shape index (κ3) is 10.3. The molecule has 8 nitrogen and oxygen atoms in total. The fourth-order valence-electron chi connectivity index (χ4n) is 3.50.